The molecule has 0 fully saturated rings. The molecule has 112 valence electrons. The minimum atomic E-state index is -0.426. The first-order valence-electron chi connectivity index (χ1n) is 6.73. The van der Waals surface area contributed by atoms with Gasteiger partial charge in [-0.05, 0) is 41.0 Å². The van der Waals surface area contributed by atoms with E-state index < -0.39 is 5.97 Å². The number of nitrogens with two attached hydrogens (primary N) is 1. The lowest BCUT2D eigenvalue weighted by Gasteiger charge is -2.09. The van der Waals surface area contributed by atoms with E-state index in [4.69, 9.17) is 19.9 Å². The number of hydrogen-bond acceptors (Lipinski definition) is 5. The summed E-state index contributed by atoms with van der Waals surface area (Å²) in [5.74, 6) is 0.923. The normalized spacial score (nSPS) is 13.0. The zero-order chi connectivity index (χ0) is 15.5. The number of benzene rings is 2. The number of nitrogen functional groups attached to an aromatic ring is 1. The molecule has 2 aromatic rings. The van der Waals surface area contributed by atoms with Gasteiger partial charge in [0.25, 0.3) is 0 Å². The third-order valence-corrected chi connectivity index (χ3v) is 3.37. The van der Waals surface area contributed by atoms with E-state index in [9.17, 15) is 4.79 Å². The van der Waals surface area contributed by atoms with E-state index in [0.717, 1.165) is 16.7 Å². The molecule has 3 rings (SSSR count). The summed E-state index contributed by atoms with van der Waals surface area (Å²) in [6.45, 7) is 0.205. The molecular formula is C17H15NO4. The van der Waals surface area contributed by atoms with Crippen molar-refractivity contribution in [3.63, 3.8) is 0 Å². The Morgan fingerprint density at radius 3 is 2.50 bits per heavy atom. The van der Waals surface area contributed by atoms with E-state index in [0.29, 0.717) is 17.2 Å². The molecule has 2 aromatic carbocycles. The number of carbonyl (C=O) groups excluding carboxylic acids is 1. The van der Waals surface area contributed by atoms with E-state index in [1.807, 2.05) is 30.3 Å². The lowest BCUT2D eigenvalue weighted by molar-refractivity contribution is -0.134. The Kier molecular flexibility index (Phi) is 3.70. The molecule has 0 unspecified atom stereocenters. The van der Waals surface area contributed by atoms with Crippen molar-refractivity contribution in [1.82, 2.24) is 0 Å². The fourth-order valence-electron chi connectivity index (χ4n) is 2.24. The van der Waals surface area contributed by atoms with Gasteiger partial charge in [-0.25, -0.2) is 4.79 Å². The van der Waals surface area contributed by atoms with Crippen molar-refractivity contribution in [3.8, 4) is 11.5 Å². The van der Waals surface area contributed by atoms with Crippen molar-refractivity contribution < 1.29 is 19.0 Å². The number of fused-ring (bicyclic) bond motifs is 1. The minimum Gasteiger partial charge on any atom is -0.466 e. The first-order chi connectivity index (χ1) is 10.7. The average Bonchev–Trinajstić information content (AvgIpc) is 3.01. The average molecular weight is 297 g/mol. The molecule has 1 aliphatic rings. The summed E-state index contributed by atoms with van der Waals surface area (Å²) in [6.07, 6.45) is 1.45. The Bertz CT molecular complexity index is 735. The van der Waals surface area contributed by atoms with E-state index in [1.54, 1.807) is 12.1 Å². The molecule has 0 aromatic heterocycles. The quantitative estimate of drug-likeness (QED) is 0.535. The lowest BCUT2D eigenvalue weighted by Crippen LogP contribution is -1.99. The molecule has 0 aliphatic carbocycles. The summed E-state index contributed by atoms with van der Waals surface area (Å²) in [5.41, 5.74) is 8.80. The largest absolute Gasteiger partial charge is 0.466 e. The van der Waals surface area contributed by atoms with Crippen LogP contribution in [-0.2, 0) is 9.53 Å². The van der Waals surface area contributed by atoms with Crippen LogP contribution in [0.15, 0.2) is 48.5 Å². The van der Waals surface area contributed by atoms with Crippen LogP contribution in [0.5, 0.6) is 11.5 Å². The van der Waals surface area contributed by atoms with Crippen LogP contribution in [0.4, 0.5) is 5.69 Å². The van der Waals surface area contributed by atoms with Gasteiger partial charge in [-0.1, -0.05) is 18.2 Å². The van der Waals surface area contributed by atoms with Crippen LogP contribution in [0.25, 0.3) is 5.57 Å². The Labute approximate surface area is 127 Å². The van der Waals surface area contributed by atoms with E-state index >= 15 is 0 Å². The van der Waals surface area contributed by atoms with Gasteiger partial charge in [-0.3, -0.25) is 0 Å². The van der Waals surface area contributed by atoms with Crippen molar-refractivity contribution in [2.24, 2.45) is 0 Å². The Morgan fingerprint density at radius 2 is 1.77 bits per heavy atom. The first kappa shape index (κ1) is 14.0. The minimum absolute atomic E-state index is 0.205. The number of rotatable bonds is 3. The van der Waals surface area contributed by atoms with Gasteiger partial charge < -0.3 is 19.9 Å². The molecule has 22 heavy (non-hydrogen) atoms. The number of anilines is 1. The van der Waals surface area contributed by atoms with Gasteiger partial charge in [0.05, 0.1) is 7.11 Å². The van der Waals surface area contributed by atoms with Crippen LogP contribution >= 0.6 is 0 Å². The Hall–Kier alpha value is -2.95. The highest BCUT2D eigenvalue weighted by atomic mass is 16.7. The van der Waals surface area contributed by atoms with Crippen LogP contribution in [-0.4, -0.2) is 19.9 Å². The highest BCUT2D eigenvalue weighted by Crippen LogP contribution is 2.36. The molecular weight excluding hydrogens is 282 g/mol. The Morgan fingerprint density at radius 1 is 1.09 bits per heavy atom. The molecule has 0 saturated heterocycles. The molecule has 0 bridgehead atoms. The number of methoxy groups -OCH3 is 1. The van der Waals surface area contributed by atoms with E-state index in [1.165, 1.54) is 13.2 Å². The third-order valence-electron chi connectivity index (χ3n) is 3.37. The molecule has 0 atom stereocenters. The van der Waals surface area contributed by atoms with Crippen molar-refractivity contribution in [2.75, 3.05) is 19.6 Å². The second-order valence-electron chi connectivity index (χ2n) is 4.77. The van der Waals surface area contributed by atoms with Crippen LogP contribution in [0.2, 0.25) is 0 Å². The summed E-state index contributed by atoms with van der Waals surface area (Å²) in [5, 5.41) is 0. The van der Waals surface area contributed by atoms with Crippen molar-refractivity contribution in [3.05, 3.63) is 59.7 Å². The number of hydrogen-bond donors (Lipinski definition) is 1. The van der Waals surface area contributed by atoms with E-state index in [-0.39, 0.29) is 6.79 Å². The maximum absolute atomic E-state index is 11.7. The van der Waals surface area contributed by atoms with Crippen LogP contribution in [0.3, 0.4) is 0 Å². The lowest BCUT2D eigenvalue weighted by atomic mass is 9.97. The summed E-state index contributed by atoms with van der Waals surface area (Å²) < 4.78 is 15.4. The van der Waals surface area contributed by atoms with Gasteiger partial charge in [0.2, 0.25) is 6.79 Å². The number of esters is 1. The molecule has 1 heterocycles. The molecule has 5 nitrogen and oxygen atoms in total. The predicted octanol–water partition coefficient (Wildman–Crippen LogP) is 2.60. The number of ether oxygens (including phenoxy) is 3. The molecule has 0 amide bonds. The van der Waals surface area contributed by atoms with Gasteiger partial charge >= 0.3 is 5.97 Å². The fraction of sp³-hybridized carbons (Fsp3) is 0.118. The summed E-state index contributed by atoms with van der Waals surface area (Å²) in [7, 11) is 1.35. The van der Waals surface area contributed by atoms with Crippen molar-refractivity contribution >= 4 is 17.2 Å². The van der Waals surface area contributed by atoms with Gasteiger partial charge in [0, 0.05) is 11.8 Å². The van der Waals surface area contributed by atoms with Gasteiger partial charge in [-0.15, -0.1) is 0 Å². The highest BCUT2D eigenvalue weighted by molar-refractivity contribution is 5.96. The third kappa shape index (κ3) is 2.74. The highest BCUT2D eigenvalue weighted by Gasteiger charge is 2.16. The fourth-order valence-corrected chi connectivity index (χ4v) is 2.24. The Balaban J connectivity index is 2.07. The summed E-state index contributed by atoms with van der Waals surface area (Å²) in [6, 6.07) is 12.8. The molecule has 0 saturated carbocycles. The molecule has 0 spiro atoms. The zero-order valence-corrected chi connectivity index (χ0v) is 12.0. The first-order valence-corrected chi connectivity index (χ1v) is 6.73. The topological polar surface area (TPSA) is 70.8 Å². The predicted molar refractivity (Wildman–Crippen MR) is 82.5 cm³/mol. The van der Waals surface area contributed by atoms with Gasteiger partial charge in [0.1, 0.15) is 0 Å². The monoisotopic (exact) mass is 297 g/mol. The summed E-state index contributed by atoms with van der Waals surface area (Å²) >= 11 is 0. The van der Waals surface area contributed by atoms with Crippen molar-refractivity contribution in [1.29, 1.82) is 0 Å². The van der Waals surface area contributed by atoms with Crippen LogP contribution in [0, 0.1) is 0 Å². The summed E-state index contributed by atoms with van der Waals surface area (Å²) in [4.78, 5) is 11.7. The standard InChI is InChI=1S/C17H15NO4/c1-20-17(19)9-14(11-2-5-13(18)6-3-11)12-4-7-15-16(8-12)22-10-21-15/h2-9H,10,18H2,1H3. The van der Waals surface area contributed by atoms with Crippen LogP contribution in [0.1, 0.15) is 11.1 Å². The zero-order valence-electron chi connectivity index (χ0n) is 12.0. The SMILES string of the molecule is COC(=O)C=C(c1ccc(N)cc1)c1ccc2c(c1)OCO2. The maximum atomic E-state index is 11.7. The maximum Gasteiger partial charge on any atom is 0.331 e. The van der Waals surface area contributed by atoms with Gasteiger partial charge in [-0.2, -0.15) is 0 Å². The molecule has 0 radical (unpaired) electrons. The second kappa shape index (κ2) is 5.81. The smallest absolute Gasteiger partial charge is 0.331 e. The van der Waals surface area contributed by atoms with Gasteiger partial charge in [0.15, 0.2) is 11.5 Å². The number of carbonyl (C=O) groups is 1. The second-order valence-corrected chi connectivity index (χ2v) is 4.77. The van der Waals surface area contributed by atoms with E-state index in [2.05, 4.69) is 0 Å². The molecule has 5 heteroatoms. The molecule has 1 aliphatic heterocycles. The molecule has 2 N–H and O–H groups in total. The van der Waals surface area contributed by atoms with Crippen LogP contribution < -0.4 is 15.2 Å². The van der Waals surface area contributed by atoms with Crippen molar-refractivity contribution in [2.45, 2.75) is 0 Å².